The predicted molar refractivity (Wildman–Crippen MR) is 205 cm³/mol. The van der Waals surface area contributed by atoms with Crippen LogP contribution < -0.4 is 25.3 Å². The van der Waals surface area contributed by atoms with Crippen molar-refractivity contribution in [3.8, 4) is 0 Å². The van der Waals surface area contributed by atoms with E-state index in [2.05, 4.69) is 47.1 Å². The maximum Gasteiger partial charge on any atom is 0.270 e. The fourth-order valence-corrected chi connectivity index (χ4v) is 9.17. The van der Waals surface area contributed by atoms with E-state index in [9.17, 15) is 19.2 Å². The molecule has 14 nitrogen and oxygen atoms in total. The summed E-state index contributed by atoms with van der Waals surface area (Å²) in [6, 6.07) is 11.5. The van der Waals surface area contributed by atoms with Gasteiger partial charge in [-0.1, -0.05) is 18.9 Å². The number of benzene rings is 1. The van der Waals surface area contributed by atoms with E-state index in [1.54, 1.807) is 30.1 Å². The second-order valence-corrected chi connectivity index (χ2v) is 16.3. The highest BCUT2D eigenvalue weighted by Gasteiger charge is 2.51. The second kappa shape index (κ2) is 12.8. The number of anilines is 5. The third kappa shape index (κ3) is 5.56. The maximum atomic E-state index is 13.8. The molecule has 0 unspecified atom stereocenters. The molecule has 4 amide bonds. The van der Waals surface area contributed by atoms with Crippen LogP contribution in [0.15, 0.2) is 48.8 Å². The molecule has 9 rings (SSSR count). The number of nitrogens with one attached hydrogen (secondary N) is 2. The Labute approximate surface area is 313 Å². The minimum absolute atomic E-state index is 0.0317. The predicted octanol–water partition coefficient (Wildman–Crippen LogP) is 4.39. The Morgan fingerprint density at radius 2 is 1.63 bits per heavy atom. The van der Waals surface area contributed by atoms with E-state index < -0.39 is 17.4 Å². The van der Waals surface area contributed by atoms with Gasteiger partial charge in [0.2, 0.25) is 23.7 Å². The van der Waals surface area contributed by atoms with Gasteiger partial charge in [0.15, 0.2) is 0 Å². The molecule has 7 heterocycles. The van der Waals surface area contributed by atoms with Crippen molar-refractivity contribution in [2.75, 3.05) is 60.3 Å². The van der Waals surface area contributed by atoms with Crippen molar-refractivity contribution in [3.63, 3.8) is 0 Å². The van der Waals surface area contributed by atoms with Gasteiger partial charge in [0.1, 0.15) is 23.2 Å². The van der Waals surface area contributed by atoms with Crippen molar-refractivity contribution in [2.24, 2.45) is 11.8 Å². The lowest BCUT2D eigenvalue weighted by atomic mass is 9.78. The summed E-state index contributed by atoms with van der Waals surface area (Å²) in [7, 11) is 3.55. The fraction of sp³-hybridized carbons (Fsp3) is 0.475. The normalized spacial score (nSPS) is 21.7. The van der Waals surface area contributed by atoms with Gasteiger partial charge in [-0.2, -0.15) is 4.98 Å². The molecule has 4 fully saturated rings. The Bertz CT molecular complexity index is 2180. The van der Waals surface area contributed by atoms with Gasteiger partial charge in [-0.25, -0.2) is 9.97 Å². The molecule has 280 valence electrons. The highest BCUT2D eigenvalue weighted by Crippen LogP contribution is 2.50. The molecule has 1 saturated carbocycles. The summed E-state index contributed by atoms with van der Waals surface area (Å²) < 4.78 is 2.11. The summed E-state index contributed by atoms with van der Waals surface area (Å²) in [5.41, 5.74) is 4.50. The van der Waals surface area contributed by atoms with Gasteiger partial charge < -0.3 is 24.6 Å². The van der Waals surface area contributed by atoms with Crippen molar-refractivity contribution >= 4 is 63.5 Å². The smallest absolute Gasteiger partial charge is 0.270 e. The number of carbonyl (C=O) groups excluding carboxylic acids is 4. The minimum Gasteiger partial charge on any atom is -0.371 e. The van der Waals surface area contributed by atoms with Crippen LogP contribution in [-0.4, -0.2) is 94.4 Å². The molecule has 4 aliphatic heterocycles. The van der Waals surface area contributed by atoms with Gasteiger partial charge in [-0.05, 0) is 63.4 Å². The van der Waals surface area contributed by atoms with E-state index in [0.29, 0.717) is 35.7 Å². The number of carbonyl (C=O) groups is 4. The number of rotatable bonds is 8. The first-order chi connectivity index (χ1) is 26.0. The number of amides is 4. The van der Waals surface area contributed by atoms with E-state index in [-0.39, 0.29) is 30.2 Å². The second-order valence-electron chi connectivity index (χ2n) is 16.3. The third-order valence-corrected chi connectivity index (χ3v) is 12.3. The van der Waals surface area contributed by atoms with E-state index in [4.69, 9.17) is 4.98 Å². The average molecular weight is 731 g/mol. The van der Waals surface area contributed by atoms with Crippen molar-refractivity contribution in [2.45, 2.75) is 69.9 Å². The maximum absolute atomic E-state index is 13.8. The first-order valence-electron chi connectivity index (χ1n) is 19.1. The van der Waals surface area contributed by atoms with Gasteiger partial charge >= 0.3 is 0 Å². The molecule has 1 atom stereocenters. The fourth-order valence-electron chi connectivity index (χ4n) is 9.17. The number of hydrogen-bond donors (Lipinski definition) is 2. The molecule has 5 aliphatic rings. The SMILES string of the molecule is CN(C)C(=O)c1cc2cnc(Nc3ccc(N4CC(C5CN(c6cccc7c6C(C)(C)C(=O)N7[C@@H]6CCC(=O)NC6=O)C5)C4)cn3)nc2n1C1CCCC1. The van der Waals surface area contributed by atoms with Crippen LogP contribution in [-0.2, 0) is 19.8 Å². The van der Waals surface area contributed by atoms with Crippen molar-refractivity contribution in [1.82, 2.24) is 29.7 Å². The number of pyridine rings is 1. The Morgan fingerprint density at radius 3 is 2.31 bits per heavy atom. The molecule has 2 N–H and O–H groups in total. The van der Waals surface area contributed by atoms with Crippen LogP contribution in [0.1, 0.15) is 74.5 Å². The van der Waals surface area contributed by atoms with Crippen LogP contribution in [0.3, 0.4) is 0 Å². The summed E-state index contributed by atoms with van der Waals surface area (Å²) in [5, 5.41) is 6.54. The van der Waals surface area contributed by atoms with Crippen LogP contribution >= 0.6 is 0 Å². The monoisotopic (exact) mass is 730 g/mol. The molecule has 3 saturated heterocycles. The van der Waals surface area contributed by atoms with Gasteiger partial charge in [0.05, 0.1) is 23.0 Å². The summed E-state index contributed by atoms with van der Waals surface area (Å²) in [5.74, 6) is 1.38. The molecular formula is C40H46N10O4. The first-order valence-corrected chi connectivity index (χ1v) is 19.1. The van der Waals surface area contributed by atoms with Gasteiger partial charge in [-0.3, -0.25) is 29.4 Å². The quantitative estimate of drug-likeness (QED) is 0.250. The lowest BCUT2D eigenvalue weighted by Gasteiger charge is -2.52. The molecule has 4 aromatic rings. The zero-order valence-corrected chi connectivity index (χ0v) is 31.2. The number of fused-ring (bicyclic) bond motifs is 2. The van der Waals surface area contributed by atoms with Gasteiger partial charge in [0.25, 0.3) is 5.91 Å². The van der Waals surface area contributed by atoms with Crippen LogP contribution in [0.4, 0.5) is 28.8 Å². The molecule has 3 aromatic heterocycles. The number of aromatic nitrogens is 4. The first kappa shape index (κ1) is 34.3. The topological polar surface area (TPSA) is 149 Å². The highest BCUT2D eigenvalue weighted by molar-refractivity contribution is 6.14. The average Bonchev–Trinajstić information content (AvgIpc) is 3.82. The third-order valence-electron chi connectivity index (χ3n) is 12.3. The molecule has 14 heteroatoms. The van der Waals surface area contributed by atoms with Crippen LogP contribution in [0.2, 0.25) is 0 Å². The standard InChI is InChI=1S/C40H46N10O4/c1-40(2)34-28(10-7-11-29(34)50(38(40)54)30-13-15-33(51)44-36(30)52)48-21-25(22-48)24-19-47(20-24)27-12-14-32(41-18-27)43-39-42-17-23-16-31(37(53)46(3)4)49(35(23)45-39)26-8-5-6-9-26/h7,10-12,14,16-18,24-26,30H,5-6,8-9,13,15,19-22H2,1-4H3,(H,44,51,52)(H,41,42,43,45)/t30-/m1/s1. The Morgan fingerprint density at radius 1 is 0.907 bits per heavy atom. The zero-order chi connectivity index (χ0) is 37.5. The molecular weight excluding hydrogens is 685 g/mol. The molecule has 1 aliphatic carbocycles. The summed E-state index contributed by atoms with van der Waals surface area (Å²) >= 11 is 0. The Kier molecular flexibility index (Phi) is 8.12. The Balaban J connectivity index is 0.834. The van der Waals surface area contributed by atoms with E-state index in [1.807, 2.05) is 44.3 Å². The van der Waals surface area contributed by atoms with Crippen LogP contribution in [0.5, 0.6) is 0 Å². The number of imide groups is 1. The summed E-state index contributed by atoms with van der Waals surface area (Å²) in [6.45, 7) is 7.62. The van der Waals surface area contributed by atoms with Crippen molar-refractivity contribution < 1.29 is 19.2 Å². The molecule has 0 spiro atoms. The number of nitrogens with zero attached hydrogens (tertiary/aromatic N) is 8. The van der Waals surface area contributed by atoms with Gasteiger partial charge in [0, 0.05) is 87.4 Å². The highest BCUT2D eigenvalue weighted by atomic mass is 16.2. The molecule has 0 radical (unpaired) electrons. The molecule has 0 bridgehead atoms. The van der Waals surface area contributed by atoms with Crippen LogP contribution in [0.25, 0.3) is 11.0 Å². The van der Waals surface area contributed by atoms with E-state index in [0.717, 1.165) is 85.5 Å². The molecule has 54 heavy (non-hydrogen) atoms. The number of piperidine rings is 1. The molecule has 1 aromatic carbocycles. The lowest BCUT2D eigenvalue weighted by molar-refractivity contribution is -0.136. The zero-order valence-electron chi connectivity index (χ0n) is 31.2. The van der Waals surface area contributed by atoms with Gasteiger partial charge in [-0.15, -0.1) is 0 Å². The van der Waals surface area contributed by atoms with Crippen molar-refractivity contribution in [3.05, 3.63) is 60.0 Å². The minimum atomic E-state index is -0.782. The lowest BCUT2D eigenvalue weighted by Crippen LogP contribution is -2.60. The van der Waals surface area contributed by atoms with Crippen LogP contribution in [0, 0.1) is 11.8 Å². The van der Waals surface area contributed by atoms with E-state index in [1.165, 1.54) is 0 Å². The summed E-state index contributed by atoms with van der Waals surface area (Å²) in [6.07, 6.45) is 8.59. The Hall–Kier alpha value is -5.53. The van der Waals surface area contributed by atoms with Crippen molar-refractivity contribution in [1.29, 1.82) is 0 Å². The summed E-state index contributed by atoms with van der Waals surface area (Å²) in [4.78, 5) is 73.5. The number of hydrogen-bond acceptors (Lipinski definition) is 10. The largest absolute Gasteiger partial charge is 0.371 e. The van der Waals surface area contributed by atoms with E-state index >= 15 is 0 Å².